The molecule has 0 saturated carbocycles. The van der Waals surface area contributed by atoms with E-state index in [2.05, 4.69) is 9.97 Å². The van der Waals surface area contributed by atoms with Gasteiger partial charge in [-0.3, -0.25) is 4.79 Å². The molecular formula is C7H3ClN2OS. The van der Waals surface area contributed by atoms with Gasteiger partial charge in [0.2, 0.25) is 0 Å². The van der Waals surface area contributed by atoms with Crippen LogP contribution in [0.2, 0.25) is 5.15 Å². The van der Waals surface area contributed by atoms with Crippen molar-refractivity contribution in [2.45, 2.75) is 0 Å². The minimum Gasteiger partial charge on any atom is -0.298 e. The highest BCUT2D eigenvalue weighted by Gasteiger charge is 2.07. The lowest BCUT2D eigenvalue weighted by molar-refractivity contribution is 0.112. The van der Waals surface area contributed by atoms with Crippen LogP contribution in [0.3, 0.4) is 0 Å². The molecule has 0 saturated heterocycles. The van der Waals surface area contributed by atoms with Crippen LogP contribution in [0.5, 0.6) is 0 Å². The Morgan fingerprint density at radius 1 is 1.50 bits per heavy atom. The van der Waals surface area contributed by atoms with Crippen LogP contribution < -0.4 is 0 Å². The lowest BCUT2D eigenvalue weighted by Crippen LogP contribution is -1.82. The van der Waals surface area contributed by atoms with Crippen molar-refractivity contribution in [1.29, 1.82) is 0 Å². The largest absolute Gasteiger partial charge is 0.298 e. The Morgan fingerprint density at radius 2 is 2.33 bits per heavy atom. The van der Waals surface area contributed by atoms with Gasteiger partial charge in [-0.2, -0.15) is 0 Å². The Morgan fingerprint density at radius 3 is 3.08 bits per heavy atom. The molecule has 12 heavy (non-hydrogen) atoms. The number of hydrogen-bond acceptors (Lipinski definition) is 4. The van der Waals surface area contributed by atoms with Crippen LogP contribution in [0.1, 0.15) is 10.4 Å². The zero-order chi connectivity index (χ0) is 8.55. The monoisotopic (exact) mass is 198 g/mol. The molecule has 0 unspecified atom stereocenters. The number of aldehydes is 1. The van der Waals surface area contributed by atoms with Crippen LogP contribution in [-0.2, 0) is 0 Å². The van der Waals surface area contributed by atoms with Crippen LogP contribution in [0.15, 0.2) is 11.7 Å². The molecule has 2 aromatic rings. The molecule has 2 rings (SSSR count). The standard InChI is InChI=1S/C7H3ClN2OS/c8-7-6-5(9-3-10-7)4(1-11)2-12-6/h1-3H. The highest BCUT2D eigenvalue weighted by Crippen LogP contribution is 2.27. The van der Waals surface area contributed by atoms with Gasteiger partial charge in [0.25, 0.3) is 0 Å². The summed E-state index contributed by atoms with van der Waals surface area (Å²) in [5, 5.41) is 2.12. The quantitative estimate of drug-likeness (QED) is 0.521. The lowest BCUT2D eigenvalue weighted by atomic mass is 10.3. The van der Waals surface area contributed by atoms with E-state index in [0.717, 1.165) is 11.0 Å². The number of carbonyl (C=O) groups excluding carboxylic acids is 1. The third kappa shape index (κ3) is 1.00. The summed E-state index contributed by atoms with van der Waals surface area (Å²) in [7, 11) is 0. The number of fused-ring (bicyclic) bond motifs is 1. The van der Waals surface area contributed by atoms with Crippen LogP contribution >= 0.6 is 22.9 Å². The van der Waals surface area contributed by atoms with E-state index in [1.807, 2.05) is 0 Å². The molecule has 2 heterocycles. The highest BCUT2D eigenvalue weighted by atomic mass is 35.5. The molecule has 0 aliphatic rings. The predicted octanol–water partition coefficient (Wildman–Crippen LogP) is 2.16. The van der Waals surface area contributed by atoms with Crippen molar-refractivity contribution in [2.75, 3.05) is 0 Å². The molecule has 5 heteroatoms. The smallest absolute Gasteiger partial charge is 0.153 e. The van der Waals surface area contributed by atoms with Crippen LogP contribution in [0.4, 0.5) is 0 Å². The first kappa shape index (κ1) is 7.64. The highest BCUT2D eigenvalue weighted by molar-refractivity contribution is 7.18. The van der Waals surface area contributed by atoms with Crippen LogP contribution in [-0.4, -0.2) is 16.3 Å². The minimum atomic E-state index is 0.401. The summed E-state index contributed by atoms with van der Waals surface area (Å²) in [5.74, 6) is 0. The molecule has 0 spiro atoms. The first-order chi connectivity index (χ1) is 5.83. The molecule has 0 fully saturated rings. The van der Waals surface area contributed by atoms with Gasteiger partial charge < -0.3 is 0 Å². The molecule has 0 aromatic carbocycles. The van der Waals surface area contributed by atoms with Gasteiger partial charge in [0.05, 0.1) is 15.8 Å². The van der Waals surface area contributed by atoms with E-state index in [9.17, 15) is 4.79 Å². The fraction of sp³-hybridized carbons (Fsp3) is 0. The molecule has 0 bridgehead atoms. The molecule has 0 aliphatic heterocycles. The Hall–Kier alpha value is -1.00. The number of thiophene rings is 1. The zero-order valence-electron chi connectivity index (χ0n) is 5.82. The second-order valence-corrected chi connectivity index (χ2v) is 3.39. The summed E-state index contributed by atoms with van der Waals surface area (Å²) < 4.78 is 0.765. The van der Waals surface area contributed by atoms with Crippen molar-refractivity contribution >= 4 is 39.4 Å². The first-order valence-corrected chi connectivity index (χ1v) is 4.41. The number of hydrogen-bond donors (Lipinski definition) is 0. The van der Waals surface area contributed by atoms with Crippen molar-refractivity contribution in [1.82, 2.24) is 9.97 Å². The maximum atomic E-state index is 10.5. The van der Waals surface area contributed by atoms with Crippen LogP contribution in [0, 0.1) is 0 Å². The summed E-state index contributed by atoms with van der Waals surface area (Å²) in [6.07, 6.45) is 2.12. The van der Waals surface area contributed by atoms with E-state index in [4.69, 9.17) is 11.6 Å². The van der Waals surface area contributed by atoms with E-state index < -0.39 is 0 Å². The van der Waals surface area contributed by atoms with Crippen molar-refractivity contribution in [3.63, 3.8) is 0 Å². The number of carbonyl (C=O) groups is 1. The molecule has 0 N–H and O–H groups in total. The van der Waals surface area contributed by atoms with Gasteiger partial charge in [0.1, 0.15) is 11.5 Å². The van der Waals surface area contributed by atoms with Gasteiger partial charge in [-0.05, 0) is 0 Å². The molecule has 0 atom stereocenters. The molecule has 0 amide bonds. The summed E-state index contributed by atoms with van der Waals surface area (Å²) in [6, 6.07) is 0. The Kier molecular flexibility index (Phi) is 1.78. The summed E-state index contributed by atoms with van der Waals surface area (Å²) >= 11 is 7.15. The summed E-state index contributed by atoms with van der Waals surface area (Å²) in [5.41, 5.74) is 1.20. The normalized spacial score (nSPS) is 10.4. The van der Waals surface area contributed by atoms with Crippen molar-refractivity contribution in [2.24, 2.45) is 0 Å². The number of rotatable bonds is 1. The van der Waals surface area contributed by atoms with Crippen molar-refractivity contribution in [3.8, 4) is 0 Å². The molecule has 0 aliphatic carbocycles. The third-order valence-corrected chi connectivity index (χ3v) is 2.86. The second kappa shape index (κ2) is 2.80. The summed E-state index contributed by atoms with van der Waals surface area (Å²) in [4.78, 5) is 18.3. The fourth-order valence-corrected chi connectivity index (χ4v) is 2.04. The van der Waals surface area contributed by atoms with Crippen molar-refractivity contribution < 1.29 is 4.79 Å². The van der Waals surface area contributed by atoms with Gasteiger partial charge in [0.15, 0.2) is 6.29 Å². The second-order valence-electron chi connectivity index (χ2n) is 2.15. The van der Waals surface area contributed by atoms with E-state index in [0.29, 0.717) is 16.2 Å². The van der Waals surface area contributed by atoms with Gasteiger partial charge in [-0.25, -0.2) is 9.97 Å². The Balaban J connectivity index is 2.88. The number of aromatic nitrogens is 2. The SMILES string of the molecule is O=Cc1csc2c(Cl)ncnc12. The van der Waals surface area contributed by atoms with Crippen LogP contribution in [0.25, 0.3) is 10.2 Å². The number of nitrogens with zero attached hydrogens (tertiary/aromatic N) is 2. The van der Waals surface area contributed by atoms with E-state index >= 15 is 0 Å². The average molecular weight is 199 g/mol. The molecule has 2 aromatic heterocycles. The Labute approximate surface area is 77.0 Å². The Bertz CT molecular complexity index is 440. The predicted molar refractivity (Wildman–Crippen MR) is 47.8 cm³/mol. The first-order valence-electron chi connectivity index (χ1n) is 3.16. The topological polar surface area (TPSA) is 42.9 Å². The fourth-order valence-electron chi connectivity index (χ4n) is 0.924. The lowest BCUT2D eigenvalue weighted by Gasteiger charge is -1.89. The zero-order valence-corrected chi connectivity index (χ0v) is 7.39. The van der Waals surface area contributed by atoms with E-state index in [1.54, 1.807) is 5.38 Å². The van der Waals surface area contributed by atoms with Crippen molar-refractivity contribution in [3.05, 3.63) is 22.4 Å². The minimum absolute atomic E-state index is 0.401. The number of halogens is 1. The van der Waals surface area contributed by atoms with E-state index in [-0.39, 0.29) is 0 Å². The molecular weight excluding hydrogens is 196 g/mol. The average Bonchev–Trinajstić information content (AvgIpc) is 2.49. The summed E-state index contributed by atoms with van der Waals surface area (Å²) in [6.45, 7) is 0. The third-order valence-electron chi connectivity index (χ3n) is 1.46. The van der Waals surface area contributed by atoms with E-state index in [1.165, 1.54) is 17.7 Å². The molecule has 0 radical (unpaired) electrons. The van der Waals surface area contributed by atoms with Gasteiger partial charge in [-0.1, -0.05) is 11.6 Å². The van der Waals surface area contributed by atoms with Gasteiger partial charge in [0, 0.05) is 5.38 Å². The van der Waals surface area contributed by atoms with Gasteiger partial charge in [-0.15, -0.1) is 11.3 Å². The van der Waals surface area contributed by atoms with Gasteiger partial charge >= 0.3 is 0 Å². The maximum absolute atomic E-state index is 10.5. The molecule has 3 nitrogen and oxygen atoms in total. The maximum Gasteiger partial charge on any atom is 0.153 e. The molecule has 60 valence electrons.